The Balaban J connectivity index is 2.89. The number of hydrogen-bond donors (Lipinski definition) is 1. The normalized spacial score (nSPS) is 11.1. The van der Waals surface area contributed by atoms with Gasteiger partial charge in [-0.1, -0.05) is 0 Å². The van der Waals surface area contributed by atoms with E-state index < -0.39 is 0 Å². The average Bonchev–Trinajstić information content (AvgIpc) is 2.27. The molecule has 0 saturated carbocycles. The largest absolute Gasteiger partial charge is 0.467 e. The molecule has 0 fully saturated rings. The van der Waals surface area contributed by atoms with Crippen molar-refractivity contribution in [3.05, 3.63) is 0 Å². The van der Waals surface area contributed by atoms with Gasteiger partial charge in [-0.3, -0.25) is 0 Å². The number of aromatic nitrogens is 3. The zero-order valence-corrected chi connectivity index (χ0v) is 11.2. The Morgan fingerprint density at radius 1 is 1.12 bits per heavy atom. The number of nitrogens with zero attached hydrogens (tertiary/aromatic N) is 3. The van der Waals surface area contributed by atoms with Crippen LogP contribution in [-0.4, -0.2) is 40.6 Å². The summed E-state index contributed by atoms with van der Waals surface area (Å²) in [4.78, 5) is 12.1. The molecule has 1 aromatic rings. The fourth-order valence-corrected chi connectivity index (χ4v) is 1.65. The van der Waals surface area contributed by atoms with Crippen LogP contribution in [0.15, 0.2) is 0 Å². The minimum Gasteiger partial charge on any atom is -0.467 e. The first-order valence-corrected chi connectivity index (χ1v) is 5.72. The van der Waals surface area contributed by atoms with E-state index in [0.717, 1.165) is 6.42 Å². The van der Waals surface area contributed by atoms with E-state index in [1.807, 2.05) is 13.8 Å². The Kier molecular flexibility index (Phi) is 4.74. The van der Waals surface area contributed by atoms with Crippen molar-refractivity contribution in [2.75, 3.05) is 25.4 Å². The third-order valence-electron chi connectivity index (χ3n) is 2.13. The van der Waals surface area contributed by atoms with Crippen molar-refractivity contribution < 1.29 is 9.47 Å². The molecule has 1 heterocycles. The Hall–Kier alpha value is -1.30. The molecule has 0 unspecified atom stereocenters. The van der Waals surface area contributed by atoms with Crippen molar-refractivity contribution in [1.29, 1.82) is 0 Å². The number of rotatable bonds is 6. The predicted molar refractivity (Wildman–Crippen MR) is 66.0 cm³/mol. The number of methoxy groups -OCH3 is 2. The second kappa shape index (κ2) is 5.86. The van der Waals surface area contributed by atoms with Crippen LogP contribution in [0, 0.1) is 0 Å². The summed E-state index contributed by atoms with van der Waals surface area (Å²) < 4.78 is 9.93. The third kappa shape index (κ3) is 4.22. The fourth-order valence-electron chi connectivity index (χ4n) is 1.18. The first-order valence-electron chi connectivity index (χ1n) is 5.19. The van der Waals surface area contributed by atoms with Gasteiger partial charge in [0.05, 0.1) is 14.2 Å². The van der Waals surface area contributed by atoms with Crippen LogP contribution in [0.1, 0.15) is 20.3 Å². The molecule has 17 heavy (non-hydrogen) atoms. The fraction of sp³-hybridized carbons (Fsp3) is 0.700. The van der Waals surface area contributed by atoms with Gasteiger partial charge in [0, 0.05) is 11.4 Å². The lowest BCUT2D eigenvalue weighted by molar-refractivity contribution is 0.340. The van der Waals surface area contributed by atoms with Crippen molar-refractivity contribution in [3.63, 3.8) is 0 Å². The van der Waals surface area contributed by atoms with Crippen LogP contribution < -0.4 is 14.8 Å². The molecule has 0 atom stereocenters. The molecule has 0 bridgehead atoms. The summed E-state index contributed by atoms with van der Waals surface area (Å²) in [7, 11) is 2.98. The zero-order valence-electron chi connectivity index (χ0n) is 10.5. The maximum atomic E-state index is 5.73. The van der Waals surface area contributed by atoms with Crippen molar-refractivity contribution >= 4 is 17.5 Å². The van der Waals surface area contributed by atoms with Gasteiger partial charge in [0.2, 0.25) is 5.95 Å². The average molecular weight is 261 g/mol. The summed E-state index contributed by atoms with van der Waals surface area (Å²) in [5, 5.41) is 3.16. The maximum Gasteiger partial charge on any atom is 0.324 e. The van der Waals surface area contributed by atoms with Crippen LogP contribution in [0.25, 0.3) is 0 Å². The van der Waals surface area contributed by atoms with Crippen LogP contribution in [0.3, 0.4) is 0 Å². The molecule has 0 amide bonds. The lowest BCUT2D eigenvalue weighted by Crippen LogP contribution is -2.32. The number of halogens is 1. The Morgan fingerprint density at radius 3 is 2.06 bits per heavy atom. The molecule has 0 aliphatic carbocycles. The molecule has 0 aliphatic rings. The number of hydrogen-bond acceptors (Lipinski definition) is 6. The summed E-state index contributed by atoms with van der Waals surface area (Å²) in [6.45, 7) is 4.02. The highest BCUT2D eigenvalue weighted by atomic mass is 35.5. The van der Waals surface area contributed by atoms with Gasteiger partial charge in [-0.2, -0.15) is 9.97 Å². The Labute approximate surface area is 106 Å². The van der Waals surface area contributed by atoms with Gasteiger partial charge in [0.1, 0.15) is 0 Å². The Morgan fingerprint density at radius 2 is 1.65 bits per heavy atom. The summed E-state index contributed by atoms with van der Waals surface area (Å²) in [5.41, 5.74) is -0.209. The van der Waals surface area contributed by atoms with Crippen molar-refractivity contribution in [3.8, 4) is 12.0 Å². The molecule has 0 spiro atoms. The van der Waals surface area contributed by atoms with Crippen molar-refractivity contribution in [1.82, 2.24) is 15.0 Å². The van der Waals surface area contributed by atoms with Gasteiger partial charge in [-0.05, 0) is 20.3 Å². The van der Waals surface area contributed by atoms with Gasteiger partial charge >= 0.3 is 12.0 Å². The quantitative estimate of drug-likeness (QED) is 0.786. The van der Waals surface area contributed by atoms with Crippen molar-refractivity contribution in [2.45, 2.75) is 25.8 Å². The van der Waals surface area contributed by atoms with Crippen LogP contribution in [0.2, 0.25) is 0 Å². The molecule has 0 aliphatic heterocycles. The molecule has 7 heteroatoms. The maximum absolute atomic E-state index is 5.73. The molecule has 6 nitrogen and oxygen atoms in total. The van der Waals surface area contributed by atoms with Crippen LogP contribution in [0.5, 0.6) is 12.0 Å². The molecule has 0 aromatic carbocycles. The van der Waals surface area contributed by atoms with Gasteiger partial charge in [0.15, 0.2) is 0 Å². The van der Waals surface area contributed by atoms with Crippen LogP contribution in [-0.2, 0) is 0 Å². The summed E-state index contributed by atoms with van der Waals surface area (Å²) in [5.74, 6) is 0.961. The molecular formula is C10H17ClN4O2. The molecule has 96 valence electrons. The SMILES string of the molecule is COc1nc(NC(C)(C)CCCl)nc(OC)n1. The number of alkyl halides is 1. The van der Waals surface area contributed by atoms with Crippen LogP contribution in [0.4, 0.5) is 5.95 Å². The first kappa shape index (κ1) is 13.8. The zero-order chi connectivity index (χ0) is 12.9. The van der Waals surface area contributed by atoms with Crippen molar-refractivity contribution in [2.24, 2.45) is 0 Å². The smallest absolute Gasteiger partial charge is 0.324 e. The number of ether oxygens (including phenoxy) is 2. The van der Waals surface area contributed by atoms with E-state index in [1.54, 1.807) is 0 Å². The van der Waals surface area contributed by atoms with Gasteiger partial charge in [-0.15, -0.1) is 16.6 Å². The number of anilines is 1. The highest BCUT2D eigenvalue weighted by molar-refractivity contribution is 6.17. The van der Waals surface area contributed by atoms with E-state index >= 15 is 0 Å². The topological polar surface area (TPSA) is 69.2 Å². The molecule has 0 saturated heterocycles. The minimum absolute atomic E-state index is 0.209. The van der Waals surface area contributed by atoms with Gasteiger partial charge < -0.3 is 14.8 Å². The summed E-state index contributed by atoms with van der Waals surface area (Å²) >= 11 is 5.73. The summed E-state index contributed by atoms with van der Waals surface area (Å²) in [6.07, 6.45) is 0.783. The highest BCUT2D eigenvalue weighted by Crippen LogP contribution is 2.18. The second-order valence-corrected chi connectivity index (χ2v) is 4.46. The third-order valence-corrected chi connectivity index (χ3v) is 2.32. The minimum atomic E-state index is -0.209. The molecule has 1 rings (SSSR count). The first-order chi connectivity index (χ1) is 8.00. The highest BCUT2D eigenvalue weighted by Gasteiger charge is 2.19. The molecule has 1 aromatic heterocycles. The molecule has 0 radical (unpaired) electrons. The molecular weight excluding hydrogens is 244 g/mol. The lowest BCUT2D eigenvalue weighted by Gasteiger charge is -2.25. The summed E-state index contributed by atoms with van der Waals surface area (Å²) in [6, 6.07) is 0.419. The van der Waals surface area contributed by atoms with E-state index in [-0.39, 0.29) is 17.6 Å². The van der Waals surface area contributed by atoms with E-state index in [2.05, 4.69) is 20.3 Å². The van der Waals surface area contributed by atoms with E-state index in [9.17, 15) is 0 Å². The number of nitrogens with one attached hydrogen (secondary N) is 1. The standard InChI is InChI=1S/C10H17ClN4O2/c1-10(2,5-6-11)15-7-12-8(16-3)14-9(13-7)17-4/h5-6H2,1-4H3,(H,12,13,14,15). The second-order valence-electron chi connectivity index (χ2n) is 4.08. The van der Waals surface area contributed by atoms with E-state index in [1.165, 1.54) is 14.2 Å². The van der Waals surface area contributed by atoms with Gasteiger partial charge in [-0.25, -0.2) is 0 Å². The van der Waals surface area contributed by atoms with Gasteiger partial charge in [0.25, 0.3) is 0 Å². The monoisotopic (exact) mass is 260 g/mol. The lowest BCUT2D eigenvalue weighted by atomic mass is 10.0. The van der Waals surface area contributed by atoms with E-state index in [0.29, 0.717) is 11.8 Å². The van der Waals surface area contributed by atoms with E-state index in [4.69, 9.17) is 21.1 Å². The predicted octanol–water partition coefficient (Wildman–Crippen LogP) is 1.71. The Bertz CT molecular complexity index is 351. The molecule has 1 N–H and O–H groups in total. The van der Waals surface area contributed by atoms with Crippen LogP contribution >= 0.6 is 11.6 Å².